The molecular formula is C35H44N4O4S2. The van der Waals surface area contributed by atoms with Crippen molar-refractivity contribution in [1.29, 1.82) is 0 Å². The molecule has 0 radical (unpaired) electrons. The van der Waals surface area contributed by atoms with Crippen LogP contribution in [0.4, 0.5) is 5.69 Å². The van der Waals surface area contributed by atoms with Crippen molar-refractivity contribution in [2.24, 2.45) is 11.8 Å². The van der Waals surface area contributed by atoms with Gasteiger partial charge in [-0.3, -0.25) is 9.88 Å². The second-order valence-electron chi connectivity index (χ2n) is 13.4. The molecule has 45 heavy (non-hydrogen) atoms. The summed E-state index contributed by atoms with van der Waals surface area (Å²) in [5.41, 5.74) is 3.94. The molecular weight excluding hydrogens is 605 g/mol. The first-order valence-corrected chi connectivity index (χ1v) is 19.5. The summed E-state index contributed by atoms with van der Waals surface area (Å²) in [6.07, 6.45) is 9.90. The number of rotatable bonds is 8. The number of benzene rings is 2. The van der Waals surface area contributed by atoms with Gasteiger partial charge in [0.15, 0.2) is 0 Å². The number of piperidine rings is 1. The first kappa shape index (κ1) is 30.8. The maximum Gasteiger partial charge on any atom is 0.220 e. The average Bonchev–Trinajstić information content (AvgIpc) is 3.60. The van der Waals surface area contributed by atoms with Crippen molar-refractivity contribution < 1.29 is 16.8 Å². The standard InChI is InChI=1S/C35H44N4O4S2/c1-2-37-23-27-7-3-6-10-34(27)35(26-37,28-8-4-5-9-28)29-17-21-39(22-18-29)45(42,43)33-24-38(25-33)30-11-13-31(14-12-30)44(40,41)32-15-19-36-20-16-32/h3,6-7,10-16,19-20,28-29,33H,2,4-5,8-9,17-18,21-26H2,1H3. The minimum Gasteiger partial charge on any atom is -0.369 e. The second-order valence-corrected chi connectivity index (χ2v) is 17.6. The number of hydrogen-bond donors (Lipinski definition) is 0. The Morgan fingerprint density at radius 3 is 2.09 bits per heavy atom. The normalized spacial score (nSPS) is 24.4. The monoisotopic (exact) mass is 648 g/mol. The van der Waals surface area contributed by atoms with E-state index in [0.717, 1.165) is 38.2 Å². The molecule has 1 aromatic heterocycles. The van der Waals surface area contributed by atoms with E-state index in [1.54, 1.807) is 28.6 Å². The highest BCUT2D eigenvalue weighted by atomic mass is 32.2. The Kier molecular flexibility index (Phi) is 8.29. The minimum atomic E-state index is -3.63. The zero-order valence-electron chi connectivity index (χ0n) is 26.1. The van der Waals surface area contributed by atoms with E-state index < -0.39 is 25.1 Å². The summed E-state index contributed by atoms with van der Waals surface area (Å²) < 4.78 is 55.3. The van der Waals surface area contributed by atoms with Gasteiger partial charge in [0.2, 0.25) is 19.9 Å². The molecule has 2 aromatic carbocycles. The molecule has 240 valence electrons. The zero-order valence-corrected chi connectivity index (χ0v) is 27.7. The second kappa shape index (κ2) is 12.1. The Morgan fingerprint density at radius 2 is 1.42 bits per heavy atom. The Bertz CT molecular complexity index is 1710. The third-order valence-corrected chi connectivity index (χ3v) is 15.2. The van der Waals surface area contributed by atoms with E-state index in [2.05, 4.69) is 41.1 Å². The van der Waals surface area contributed by atoms with Crippen molar-refractivity contribution in [2.75, 3.05) is 44.2 Å². The lowest BCUT2D eigenvalue weighted by molar-refractivity contribution is 0.0532. The van der Waals surface area contributed by atoms with Gasteiger partial charge in [-0.25, -0.2) is 21.1 Å². The van der Waals surface area contributed by atoms with Crippen molar-refractivity contribution in [1.82, 2.24) is 14.2 Å². The molecule has 1 unspecified atom stereocenters. The molecule has 2 saturated heterocycles. The van der Waals surface area contributed by atoms with E-state index in [0.29, 0.717) is 38.0 Å². The first-order chi connectivity index (χ1) is 21.7. The molecule has 0 N–H and O–H groups in total. The molecule has 10 heteroatoms. The fourth-order valence-corrected chi connectivity index (χ4v) is 11.8. The number of fused-ring (bicyclic) bond motifs is 1. The van der Waals surface area contributed by atoms with Crippen molar-refractivity contribution in [3.8, 4) is 0 Å². The molecule has 8 nitrogen and oxygen atoms in total. The molecule has 0 bridgehead atoms. The molecule has 4 heterocycles. The molecule has 1 atom stereocenters. The SMILES string of the molecule is CCN1Cc2ccccc2C(C2CCCC2)(C2CCN(S(=O)(=O)C3CN(c4ccc(S(=O)(=O)c5ccncc5)cc4)C3)CC2)C1. The van der Waals surface area contributed by atoms with E-state index in [1.165, 1.54) is 61.3 Å². The Labute approximate surface area is 268 Å². The van der Waals surface area contributed by atoms with Gasteiger partial charge in [0, 0.05) is 62.8 Å². The van der Waals surface area contributed by atoms with E-state index in [1.807, 2.05) is 4.90 Å². The minimum absolute atomic E-state index is 0.0987. The predicted octanol–water partition coefficient (Wildman–Crippen LogP) is 5.11. The fraction of sp³-hybridized carbons (Fsp3) is 0.514. The van der Waals surface area contributed by atoms with Crippen LogP contribution < -0.4 is 4.90 Å². The predicted molar refractivity (Wildman–Crippen MR) is 176 cm³/mol. The van der Waals surface area contributed by atoms with Gasteiger partial charge < -0.3 is 4.90 Å². The highest BCUT2D eigenvalue weighted by Crippen LogP contribution is 2.53. The highest BCUT2D eigenvalue weighted by molar-refractivity contribution is 7.91. The van der Waals surface area contributed by atoms with Crippen LogP contribution in [0.1, 0.15) is 56.6 Å². The first-order valence-electron chi connectivity index (χ1n) is 16.5. The third kappa shape index (κ3) is 5.41. The number of sulfonamides is 1. The van der Waals surface area contributed by atoms with Crippen LogP contribution in [0.15, 0.2) is 82.8 Å². The Morgan fingerprint density at radius 1 is 0.800 bits per heavy atom. The van der Waals surface area contributed by atoms with Crippen LogP contribution in [0.3, 0.4) is 0 Å². The van der Waals surface area contributed by atoms with Crippen LogP contribution in [-0.4, -0.2) is 75.5 Å². The largest absolute Gasteiger partial charge is 0.369 e. The third-order valence-electron chi connectivity index (χ3n) is 11.2. The average molecular weight is 649 g/mol. The van der Waals surface area contributed by atoms with Crippen LogP contribution in [0.25, 0.3) is 0 Å². The van der Waals surface area contributed by atoms with E-state index in [9.17, 15) is 16.8 Å². The topological polar surface area (TPSA) is 90.9 Å². The number of sulfone groups is 1. The summed E-state index contributed by atoms with van der Waals surface area (Å²) in [5, 5.41) is -0.441. The fourth-order valence-electron chi connectivity index (χ4n) is 8.72. The van der Waals surface area contributed by atoms with Crippen LogP contribution >= 0.6 is 0 Å². The van der Waals surface area contributed by atoms with Gasteiger partial charge in [-0.15, -0.1) is 0 Å². The van der Waals surface area contributed by atoms with Gasteiger partial charge in [0.05, 0.1) is 9.79 Å². The van der Waals surface area contributed by atoms with Crippen molar-refractivity contribution in [3.05, 3.63) is 84.2 Å². The van der Waals surface area contributed by atoms with Gasteiger partial charge >= 0.3 is 0 Å². The summed E-state index contributed by atoms with van der Waals surface area (Å²) >= 11 is 0. The maximum absolute atomic E-state index is 13.8. The molecule has 1 saturated carbocycles. The maximum atomic E-state index is 13.8. The number of hydrogen-bond acceptors (Lipinski definition) is 7. The number of likely N-dealkylation sites (N-methyl/N-ethyl adjacent to an activating group) is 1. The lowest BCUT2D eigenvalue weighted by atomic mass is 9.57. The summed E-state index contributed by atoms with van der Waals surface area (Å²) in [6, 6.07) is 18.8. The molecule has 4 aliphatic rings. The summed E-state index contributed by atoms with van der Waals surface area (Å²) in [7, 11) is -7.05. The van der Waals surface area contributed by atoms with Crippen molar-refractivity contribution >= 4 is 25.5 Å². The lowest BCUT2D eigenvalue weighted by Crippen LogP contribution is -2.60. The molecule has 7 rings (SSSR count). The van der Waals surface area contributed by atoms with E-state index >= 15 is 0 Å². The molecule has 1 aliphatic carbocycles. The molecule has 3 aromatic rings. The van der Waals surface area contributed by atoms with Crippen LogP contribution in [0.5, 0.6) is 0 Å². The van der Waals surface area contributed by atoms with Gasteiger partial charge in [-0.2, -0.15) is 0 Å². The quantitative estimate of drug-likeness (QED) is 0.336. The Hall–Kier alpha value is -2.79. The summed E-state index contributed by atoms with van der Waals surface area (Å²) in [5.74, 6) is 1.13. The number of pyridine rings is 1. The van der Waals surface area contributed by atoms with E-state index in [4.69, 9.17) is 0 Å². The lowest BCUT2D eigenvalue weighted by Gasteiger charge is -2.54. The smallest absolute Gasteiger partial charge is 0.220 e. The molecule has 0 amide bonds. The summed E-state index contributed by atoms with van der Waals surface area (Å²) in [6.45, 7) is 7.42. The van der Waals surface area contributed by atoms with Gasteiger partial charge in [0.25, 0.3) is 0 Å². The van der Waals surface area contributed by atoms with Gasteiger partial charge in [-0.05, 0) is 91.6 Å². The number of aromatic nitrogens is 1. The molecule has 3 fully saturated rings. The van der Waals surface area contributed by atoms with Gasteiger partial charge in [0.1, 0.15) is 5.25 Å². The highest BCUT2D eigenvalue weighted by Gasteiger charge is 2.52. The van der Waals surface area contributed by atoms with Crippen molar-refractivity contribution in [3.63, 3.8) is 0 Å². The summed E-state index contributed by atoms with van der Waals surface area (Å²) in [4.78, 5) is 8.95. The molecule has 3 aliphatic heterocycles. The number of nitrogens with zero attached hydrogens (tertiary/aromatic N) is 4. The molecule has 0 spiro atoms. The van der Waals surface area contributed by atoms with Crippen LogP contribution in [0, 0.1) is 11.8 Å². The number of anilines is 1. The zero-order chi connectivity index (χ0) is 31.2. The van der Waals surface area contributed by atoms with Crippen LogP contribution in [-0.2, 0) is 31.8 Å². The van der Waals surface area contributed by atoms with E-state index in [-0.39, 0.29) is 15.2 Å². The van der Waals surface area contributed by atoms with Gasteiger partial charge in [-0.1, -0.05) is 44.0 Å². The Balaban J connectivity index is 1.02. The van der Waals surface area contributed by atoms with Crippen LogP contribution in [0.2, 0.25) is 0 Å². The van der Waals surface area contributed by atoms with Crippen molar-refractivity contribution in [2.45, 2.75) is 72.4 Å².